The normalized spacial score (nSPS) is 11.1. The molecule has 0 aliphatic rings. The lowest BCUT2D eigenvalue weighted by atomic mass is 10.3. The summed E-state index contributed by atoms with van der Waals surface area (Å²) in [6, 6.07) is 11.3. The van der Waals surface area contributed by atoms with Gasteiger partial charge in [0.2, 0.25) is 0 Å². The molecule has 0 fully saturated rings. The summed E-state index contributed by atoms with van der Waals surface area (Å²) in [4.78, 5) is 3.15. The second-order valence-electron chi connectivity index (χ2n) is 4.03. The van der Waals surface area contributed by atoms with Crippen LogP contribution in [0.25, 0.3) is 16.7 Å². The van der Waals surface area contributed by atoms with Gasteiger partial charge in [-0.05, 0) is 64.5 Å². The molecule has 96 valence electrons. The molecular weight excluding hydrogens is 367 g/mol. The minimum absolute atomic E-state index is 0.617. The average molecular weight is 374 g/mol. The van der Waals surface area contributed by atoms with Crippen molar-refractivity contribution in [3.05, 3.63) is 55.7 Å². The fourth-order valence-corrected chi connectivity index (χ4v) is 2.93. The van der Waals surface area contributed by atoms with E-state index in [-0.39, 0.29) is 0 Å². The fourth-order valence-electron chi connectivity index (χ4n) is 1.96. The summed E-state index contributed by atoms with van der Waals surface area (Å²) in [6.45, 7) is 0. The minimum Gasteiger partial charge on any atom is -0.330 e. The van der Waals surface area contributed by atoms with E-state index < -0.39 is 0 Å². The maximum Gasteiger partial charge on any atom is 0.182 e. The van der Waals surface area contributed by atoms with E-state index in [1.807, 2.05) is 41.0 Å². The standard InChI is InChI=1S/C13H7BrCl2N2S/c14-9-6-8(2-3-10(9)16)18-12-4-1-7(15)5-11(12)17-13(18)19/h1-6H,(H,17,19). The first kappa shape index (κ1) is 13.2. The number of nitrogens with one attached hydrogen (secondary N) is 1. The van der Waals surface area contributed by atoms with Gasteiger partial charge in [-0.25, -0.2) is 0 Å². The molecule has 0 aliphatic carbocycles. The summed E-state index contributed by atoms with van der Waals surface area (Å²) in [7, 11) is 0. The highest BCUT2D eigenvalue weighted by atomic mass is 79.9. The first-order valence-electron chi connectivity index (χ1n) is 5.42. The lowest BCUT2D eigenvalue weighted by molar-refractivity contribution is 1.06. The summed E-state index contributed by atoms with van der Waals surface area (Å²) in [6.07, 6.45) is 0. The zero-order valence-corrected chi connectivity index (χ0v) is 13.4. The Labute approximate surface area is 133 Å². The van der Waals surface area contributed by atoms with Crippen LogP contribution in [0.2, 0.25) is 10.0 Å². The highest BCUT2D eigenvalue weighted by Crippen LogP contribution is 2.28. The van der Waals surface area contributed by atoms with Crippen molar-refractivity contribution in [3.63, 3.8) is 0 Å². The smallest absolute Gasteiger partial charge is 0.182 e. The van der Waals surface area contributed by atoms with Gasteiger partial charge in [-0.2, -0.15) is 0 Å². The maximum absolute atomic E-state index is 6.01. The largest absolute Gasteiger partial charge is 0.330 e. The topological polar surface area (TPSA) is 20.7 Å². The molecule has 2 nitrogen and oxygen atoms in total. The third-order valence-electron chi connectivity index (χ3n) is 2.81. The van der Waals surface area contributed by atoms with Crippen molar-refractivity contribution in [3.8, 4) is 5.69 Å². The molecule has 1 N–H and O–H groups in total. The molecule has 0 saturated heterocycles. The summed E-state index contributed by atoms with van der Waals surface area (Å²) in [5, 5.41) is 1.34. The Hall–Kier alpha value is -0.810. The first-order valence-corrected chi connectivity index (χ1v) is 7.38. The number of benzene rings is 2. The van der Waals surface area contributed by atoms with Gasteiger partial charge in [0.15, 0.2) is 4.77 Å². The van der Waals surface area contributed by atoms with Crippen LogP contribution in [-0.2, 0) is 0 Å². The van der Waals surface area contributed by atoms with Crippen molar-refractivity contribution < 1.29 is 0 Å². The second kappa shape index (κ2) is 4.94. The van der Waals surface area contributed by atoms with Gasteiger partial charge in [0.1, 0.15) is 0 Å². The van der Waals surface area contributed by atoms with Crippen LogP contribution < -0.4 is 0 Å². The van der Waals surface area contributed by atoms with Crippen LogP contribution >= 0.6 is 51.3 Å². The Morgan fingerprint density at radius 3 is 2.63 bits per heavy atom. The molecule has 0 atom stereocenters. The van der Waals surface area contributed by atoms with Crippen LogP contribution in [0, 0.1) is 4.77 Å². The van der Waals surface area contributed by atoms with E-state index in [0.29, 0.717) is 14.8 Å². The number of hydrogen-bond donors (Lipinski definition) is 1. The molecule has 0 saturated carbocycles. The monoisotopic (exact) mass is 372 g/mol. The maximum atomic E-state index is 6.01. The fraction of sp³-hybridized carbons (Fsp3) is 0. The Kier molecular flexibility index (Phi) is 3.43. The highest BCUT2D eigenvalue weighted by molar-refractivity contribution is 9.10. The van der Waals surface area contributed by atoms with Crippen LogP contribution in [0.3, 0.4) is 0 Å². The number of rotatable bonds is 1. The van der Waals surface area contributed by atoms with Crippen LogP contribution in [0.15, 0.2) is 40.9 Å². The highest BCUT2D eigenvalue weighted by Gasteiger charge is 2.08. The average Bonchev–Trinajstić information content (AvgIpc) is 2.68. The molecule has 3 rings (SSSR count). The quantitative estimate of drug-likeness (QED) is 0.538. The molecular formula is C13H7BrCl2N2S. The molecule has 0 radical (unpaired) electrons. The van der Waals surface area contributed by atoms with Gasteiger partial charge in [0.05, 0.1) is 16.1 Å². The van der Waals surface area contributed by atoms with Gasteiger partial charge in [-0.1, -0.05) is 23.2 Å². The number of imidazole rings is 1. The number of aromatic amines is 1. The van der Waals surface area contributed by atoms with Gasteiger partial charge in [0, 0.05) is 15.2 Å². The van der Waals surface area contributed by atoms with Crippen LogP contribution in [0.4, 0.5) is 0 Å². The zero-order valence-electron chi connectivity index (χ0n) is 9.45. The molecule has 1 heterocycles. The van der Waals surface area contributed by atoms with E-state index in [1.165, 1.54) is 0 Å². The number of aromatic nitrogens is 2. The lowest BCUT2D eigenvalue weighted by Crippen LogP contribution is -1.93. The molecule has 6 heteroatoms. The van der Waals surface area contributed by atoms with Crippen molar-refractivity contribution >= 4 is 62.4 Å². The van der Waals surface area contributed by atoms with Gasteiger partial charge in [0.25, 0.3) is 0 Å². The molecule has 1 aromatic heterocycles. The first-order chi connectivity index (χ1) is 9.06. The molecule has 19 heavy (non-hydrogen) atoms. The Morgan fingerprint density at radius 1 is 1.11 bits per heavy atom. The minimum atomic E-state index is 0.617. The second-order valence-corrected chi connectivity index (χ2v) is 6.11. The van der Waals surface area contributed by atoms with Crippen molar-refractivity contribution in [1.29, 1.82) is 0 Å². The third-order valence-corrected chi connectivity index (χ3v) is 4.54. The SMILES string of the molecule is S=c1[nH]c2cc(Cl)ccc2n1-c1ccc(Cl)c(Br)c1. The van der Waals surface area contributed by atoms with Gasteiger partial charge in [-0.3, -0.25) is 4.57 Å². The molecule has 2 aromatic carbocycles. The molecule has 0 bridgehead atoms. The van der Waals surface area contributed by atoms with E-state index >= 15 is 0 Å². The molecule has 3 aromatic rings. The molecule has 0 spiro atoms. The van der Waals surface area contributed by atoms with Crippen molar-refractivity contribution in [2.24, 2.45) is 0 Å². The van der Waals surface area contributed by atoms with E-state index in [1.54, 1.807) is 0 Å². The molecule has 0 unspecified atom stereocenters. The molecule has 0 amide bonds. The summed E-state index contributed by atoms with van der Waals surface area (Å²) in [5.41, 5.74) is 2.82. The van der Waals surface area contributed by atoms with E-state index in [0.717, 1.165) is 21.2 Å². The third kappa shape index (κ3) is 2.34. The Balaban J connectivity index is 2.32. The Morgan fingerprint density at radius 2 is 1.89 bits per heavy atom. The number of H-pyrrole nitrogens is 1. The molecule has 0 aliphatic heterocycles. The van der Waals surface area contributed by atoms with Crippen LogP contribution in [0.5, 0.6) is 0 Å². The number of nitrogens with zero attached hydrogens (tertiary/aromatic N) is 1. The van der Waals surface area contributed by atoms with Crippen LogP contribution in [-0.4, -0.2) is 9.55 Å². The van der Waals surface area contributed by atoms with Gasteiger partial charge < -0.3 is 4.98 Å². The van der Waals surface area contributed by atoms with E-state index in [2.05, 4.69) is 20.9 Å². The van der Waals surface area contributed by atoms with Gasteiger partial charge >= 0.3 is 0 Å². The van der Waals surface area contributed by atoms with Crippen LogP contribution in [0.1, 0.15) is 0 Å². The van der Waals surface area contributed by atoms with Crippen molar-refractivity contribution in [2.45, 2.75) is 0 Å². The van der Waals surface area contributed by atoms with Crippen molar-refractivity contribution in [2.75, 3.05) is 0 Å². The summed E-state index contributed by atoms with van der Waals surface area (Å²) < 4.78 is 3.39. The lowest BCUT2D eigenvalue weighted by Gasteiger charge is -2.06. The number of fused-ring (bicyclic) bond motifs is 1. The van der Waals surface area contributed by atoms with E-state index in [4.69, 9.17) is 35.4 Å². The summed E-state index contributed by atoms with van der Waals surface area (Å²) >= 11 is 20.8. The van der Waals surface area contributed by atoms with Crippen molar-refractivity contribution in [1.82, 2.24) is 9.55 Å². The zero-order chi connectivity index (χ0) is 13.6. The van der Waals surface area contributed by atoms with E-state index in [9.17, 15) is 0 Å². The predicted molar refractivity (Wildman–Crippen MR) is 86.2 cm³/mol. The number of hydrogen-bond acceptors (Lipinski definition) is 1. The van der Waals surface area contributed by atoms with Gasteiger partial charge in [-0.15, -0.1) is 0 Å². The summed E-state index contributed by atoms with van der Waals surface area (Å²) in [5.74, 6) is 0. The number of halogens is 3. The Bertz CT molecular complexity index is 838. The predicted octanol–water partition coefficient (Wildman–Crippen LogP) is 5.76.